The monoisotopic (exact) mass is 423 g/mol. The van der Waals surface area contributed by atoms with Crippen LogP contribution in [0.15, 0.2) is 58.3 Å². The standard InChI is InChI=1S/C9H12O2S.C8H9ClO2S.ClH/c1-3-8-4-6-9(7-5-8)12(2,10)11;1-12(10,11)8-4-2-7(6-9)3-5-8;/h4-7H,3H2,1-2H3;2-5H,6H2,1H3;1H/p-1. The van der Waals surface area contributed by atoms with E-state index in [4.69, 9.17) is 11.6 Å². The van der Waals surface area contributed by atoms with E-state index in [-0.39, 0.29) is 12.4 Å². The lowest BCUT2D eigenvalue weighted by atomic mass is 10.2. The Labute approximate surface area is 161 Å². The molecule has 8 heteroatoms. The van der Waals surface area contributed by atoms with Crippen molar-refractivity contribution in [1.29, 1.82) is 0 Å². The van der Waals surface area contributed by atoms with E-state index in [0.717, 1.165) is 17.5 Å². The highest BCUT2D eigenvalue weighted by atomic mass is 35.5. The lowest BCUT2D eigenvalue weighted by molar-refractivity contribution is -0.00000992. The molecule has 140 valence electrons. The SMILES string of the molecule is CCc1ccc(S(C)(=O)=O)cc1.CS(=O)(=O)c1ccc(CCl)cc1.[Cl-]. The van der Waals surface area contributed by atoms with E-state index >= 15 is 0 Å². The summed E-state index contributed by atoms with van der Waals surface area (Å²) in [7, 11) is -6.10. The zero-order valence-electron chi connectivity index (χ0n) is 14.2. The number of halogens is 2. The second-order valence-electron chi connectivity index (χ2n) is 5.32. The van der Waals surface area contributed by atoms with Crippen LogP contribution in [0.3, 0.4) is 0 Å². The first-order valence-corrected chi connectivity index (χ1v) is 11.5. The molecule has 0 unspecified atom stereocenters. The molecule has 0 bridgehead atoms. The maximum absolute atomic E-state index is 11.0. The molecule has 2 rings (SSSR count). The fraction of sp³-hybridized carbons (Fsp3) is 0.294. The molecule has 0 amide bonds. The minimum Gasteiger partial charge on any atom is -1.00 e. The van der Waals surface area contributed by atoms with Crippen LogP contribution in [0.25, 0.3) is 0 Å². The van der Waals surface area contributed by atoms with Gasteiger partial charge in [-0.1, -0.05) is 31.2 Å². The Morgan fingerprint density at radius 2 is 1.04 bits per heavy atom. The molecule has 0 saturated carbocycles. The maximum atomic E-state index is 11.0. The molecule has 0 heterocycles. The number of hydrogen-bond acceptors (Lipinski definition) is 4. The molecule has 0 spiro atoms. The Bertz CT molecular complexity index is 782. The Morgan fingerprint density at radius 1 is 0.720 bits per heavy atom. The summed E-state index contributed by atoms with van der Waals surface area (Å²) in [5.41, 5.74) is 2.08. The third-order valence-corrected chi connectivity index (χ3v) is 5.83. The summed E-state index contributed by atoms with van der Waals surface area (Å²) >= 11 is 5.54. The van der Waals surface area contributed by atoms with Gasteiger partial charge in [-0.05, 0) is 41.8 Å². The third-order valence-electron chi connectivity index (χ3n) is 3.27. The predicted molar refractivity (Wildman–Crippen MR) is 98.0 cm³/mol. The van der Waals surface area contributed by atoms with Gasteiger partial charge in [0.25, 0.3) is 0 Å². The van der Waals surface area contributed by atoms with E-state index in [0.29, 0.717) is 15.7 Å². The summed E-state index contributed by atoms with van der Waals surface area (Å²) < 4.78 is 44.1. The van der Waals surface area contributed by atoms with Crippen molar-refractivity contribution in [2.45, 2.75) is 29.0 Å². The van der Waals surface area contributed by atoms with Gasteiger partial charge in [-0.15, -0.1) is 11.6 Å². The number of aryl methyl sites for hydroxylation is 1. The number of hydrogen-bond donors (Lipinski definition) is 0. The molecular weight excluding hydrogens is 403 g/mol. The topological polar surface area (TPSA) is 68.3 Å². The summed E-state index contributed by atoms with van der Waals surface area (Å²) in [5, 5.41) is 0. The molecule has 0 saturated heterocycles. The fourth-order valence-electron chi connectivity index (χ4n) is 1.80. The largest absolute Gasteiger partial charge is 1.00 e. The molecule has 2 aromatic rings. The van der Waals surface area contributed by atoms with Crippen molar-refractivity contribution in [3.05, 3.63) is 59.7 Å². The van der Waals surface area contributed by atoms with Gasteiger partial charge in [0.15, 0.2) is 19.7 Å². The van der Waals surface area contributed by atoms with Gasteiger partial charge in [-0.2, -0.15) is 0 Å². The van der Waals surface area contributed by atoms with Gasteiger partial charge in [0.05, 0.1) is 9.79 Å². The molecule has 0 aliphatic carbocycles. The molecule has 0 aliphatic rings. The van der Waals surface area contributed by atoms with Crippen LogP contribution >= 0.6 is 11.6 Å². The molecule has 0 aromatic heterocycles. The van der Waals surface area contributed by atoms with Gasteiger partial charge in [-0.25, -0.2) is 16.8 Å². The summed E-state index contributed by atoms with van der Waals surface area (Å²) in [6, 6.07) is 13.5. The number of benzene rings is 2. The average molecular weight is 424 g/mol. The molecule has 0 N–H and O–H groups in total. The zero-order valence-corrected chi connectivity index (χ0v) is 17.4. The van der Waals surface area contributed by atoms with Gasteiger partial charge in [-0.3, -0.25) is 0 Å². The van der Waals surface area contributed by atoms with Crippen LogP contribution in [-0.4, -0.2) is 29.3 Å². The molecule has 2 aromatic carbocycles. The molecule has 0 atom stereocenters. The second kappa shape index (κ2) is 10.2. The van der Waals surface area contributed by atoms with E-state index in [1.807, 2.05) is 19.1 Å². The highest BCUT2D eigenvalue weighted by Crippen LogP contribution is 2.11. The minimum atomic E-state index is -3.07. The van der Waals surface area contributed by atoms with E-state index in [1.54, 1.807) is 36.4 Å². The van der Waals surface area contributed by atoms with Crippen molar-refractivity contribution in [2.24, 2.45) is 0 Å². The minimum absolute atomic E-state index is 0. The number of alkyl halides is 1. The quantitative estimate of drug-likeness (QED) is 0.670. The van der Waals surface area contributed by atoms with Gasteiger partial charge in [0.1, 0.15) is 0 Å². The predicted octanol–water partition coefficient (Wildman–Crippen LogP) is 0.485. The van der Waals surface area contributed by atoms with Gasteiger partial charge in [0.2, 0.25) is 0 Å². The van der Waals surface area contributed by atoms with Crippen molar-refractivity contribution >= 4 is 31.3 Å². The number of sulfone groups is 2. The Hall–Kier alpha value is -1.08. The van der Waals surface area contributed by atoms with Crippen molar-refractivity contribution < 1.29 is 29.2 Å². The van der Waals surface area contributed by atoms with E-state index in [9.17, 15) is 16.8 Å². The highest BCUT2D eigenvalue weighted by Gasteiger charge is 2.05. The number of rotatable bonds is 4. The lowest BCUT2D eigenvalue weighted by Crippen LogP contribution is -3.00. The summed E-state index contributed by atoms with van der Waals surface area (Å²) in [6.45, 7) is 2.04. The normalized spacial score (nSPS) is 11.0. The van der Waals surface area contributed by atoms with Crippen LogP contribution in [0.2, 0.25) is 0 Å². The molecule has 25 heavy (non-hydrogen) atoms. The van der Waals surface area contributed by atoms with Crippen molar-refractivity contribution in [2.75, 3.05) is 12.5 Å². The third kappa shape index (κ3) is 8.23. The van der Waals surface area contributed by atoms with Crippen LogP contribution < -0.4 is 12.4 Å². The Morgan fingerprint density at radius 3 is 1.28 bits per heavy atom. The van der Waals surface area contributed by atoms with Crippen LogP contribution in [-0.2, 0) is 32.0 Å². The highest BCUT2D eigenvalue weighted by molar-refractivity contribution is 7.91. The summed E-state index contributed by atoms with van der Waals surface area (Å²) in [5.74, 6) is 0.407. The van der Waals surface area contributed by atoms with Crippen LogP contribution in [0.1, 0.15) is 18.1 Å². The Balaban J connectivity index is 0.000000443. The summed E-state index contributed by atoms with van der Waals surface area (Å²) in [4.78, 5) is 0.719. The first-order valence-electron chi connectivity index (χ1n) is 7.22. The molecule has 0 aliphatic heterocycles. The first-order chi connectivity index (χ1) is 11.1. The zero-order chi connectivity index (χ0) is 18.4. The lowest BCUT2D eigenvalue weighted by Gasteiger charge is -1.99. The maximum Gasteiger partial charge on any atom is 0.175 e. The van der Waals surface area contributed by atoms with Gasteiger partial charge >= 0.3 is 0 Å². The first kappa shape index (κ1) is 23.9. The Kier molecular flexibility index (Phi) is 9.72. The van der Waals surface area contributed by atoms with E-state index < -0.39 is 19.7 Å². The van der Waals surface area contributed by atoms with Gasteiger partial charge in [0, 0.05) is 18.4 Å². The molecule has 0 fully saturated rings. The second-order valence-corrected chi connectivity index (χ2v) is 9.62. The molecule has 4 nitrogen and oxygen atoms in total. The van der Waals surface area contributed by atoms with Crippen molar-refractivity contribution in [1.82, 2.24) is 0 Å². The van der Waals surface area contributed by atoms with Crippen LogP contribution in [0.5, 0.6) is 0 Å². The van der Waals surface area contributed by atoms with Gasteiger partial charge < -0.3 is 12.4 Å². The van der Waals surface area contributed by atoms with Crippen molar-refractivity contribution in [3.8, 4) is 0 Å². The van der Waals surface area contributed by atoms with Crippen molar-refractivity contribution in [3.63, 3.8) is 0 Å². The summed E-state index contributed by atoms with van der Waals surface area (Å²) in [6.07, 6.45) is 3.33. The smallest absolute Gasteiger partial charge is 0.175 e. The van der Waals surface area contributed by atoms with Crippen LogP contribution in [0, 0.1) is 0 Å². The van der Waals surface area contributed by atoms with E-state index in [2.05, 4.69) is 0 Å². The average Bonchev–Trinajstić information content (AvgIpc) is 2.54. The van der Waals surface area contributed by atoms with Crippen LogP contribution in [0.4, 0.5) is 0 Å². The molecular formula is C17H21Cl2O4S2-. The fourth-order valence-corrected chi connectivity index (χ4v) is 3.24. The van der Waals surface area contributed by atoms with E-state index in [1.165, 1.54) is 12.5 Å². The molecule has 0 radical (unpaired) electrons.